The van der Waals surface area contributed by atoms with Crippen molar-refractivity contribution in [3.05, 3.63) is 35.4 Å². The van der Waals surface area contributed by atoms with Crippen molar-refractivity contribution < 1.29 is 19.5 Å². The monoisotopic (exact) mass is 290 g/mol. The maximum absolute atomic E-state index is 12.5. The summed E-state index contributed by atoms with van der Waals surface area (Å²) in [7, 11) is 0. The highest BCUT2D eigenvalue weighted by Crippen LogP contribution is 2.32. The molecule has 1 aromatic rings. The number of urea groups is 1. The number of aryl methyl sites for hydroxylation is 1. The number of carboxylic acid groups (broad SMARTS) is 1. The van der Waals surface area contributed by atoms with E-state index in [1.807, 2.05) is 31.2 Å². The zero-order chi connectivity index (χ0) is 15.6. The van der Waals surface area contributed by atoms with Crippen molar-refractivity contribution in [2.24, 2.45) is 0 Å². The van der Waals surface area contributed by atoms with Gasteiger partial charge in [0.2, 0.25) is 0 Å². The zero-order valence-electron chi connectivity index (χ0n) is 12.0. The molecule has 0 radical (unpaired) electrons. The number of nitrogens with one attached hydrogen (secondary N) is 1. The van der Waals surface area contributed by atoms with Crippen LogP contribution in [0, 0.1) is 0 Å². The van der Waals surface area contributed by atoms with Crippen LogP contribution in [0.4, 0.5) is 4.79 Å². The lowest BCUT2D eigenvalue weighted by atomic mass is 9.86. The number of rotatable bonds is 5. The largest absolute Gasteiger partial charge is 0.480 e. The van der Waals surface area contributed by atoms with Crippen molar-refractivity contribution in [3.63, 3.8) is 0 Å². The van der Waals surface area contributed by atoms with Crippen LogP contribution in [0.3, 0.4) is 0 Å². The van der Waals surface area contributed by atoms with E-state index in [0.29, 0.717) is 12.0 Å². The number of carboxylic acids is 1. The van der Waals surface area contributed by atoms with Crippen LogP contribution in [0.5, 0.6) is 0 Å². The number of carbonyl (C=O) groups is 3. The normalized spacial score (nSPS) is 21.5. The SMILES string of the molecule is CCc1ccc([C@@]2(CC)NC(=O)N(CC(=O)O)C2=O)cc1. The molecule has 1 aliphatic heterocycles. The smallest absolute Gasteiger partial charge is 0.325 e. The van der Waals surface area contributed by atoms with Crippen molar-refractivity contribution >= 4 is 17.9 Å². The quantitative estimate of drug-likeness (QED) is 0.804. The predicted octanol–water partition coefficient (Wildman–Crippen LogP) is 1.49. The van der Waals surface area contributed by atoms with E-state index in [1.165, 1.54) is 0 Å². The third-order valence-electron chi connectivity index (χ3n) is 3.85. The molecule has 3 amide bonds. The van der Waals surface area contributed by atoms with Crippen LogP contribution in [0.15, 0.2) is 24.3 Å². The summed E-state index contributed by atoms with van der Waals surface area (Å²) in [4.78, 5) is 36.0. The van der Waals surface area contributed by atoms with Gasteiger partial charge in [-0.25, -0.2) is 4.79 Å². The Balaban J connectivity index is 2.39. The first-order chi connectivity index (χ1) is 9.94. The second-order valence-corrected chi connectivity index (χ2v) is 5.02. The van der Waals surface area contributed by atoms with Crippen LogP contribution in [-0.4, -0.2) is 34.5 Å². The summed E-state index contributed by atoms with van der Waals surface area (Å²) in [5.74, 6) is -1.73. The number of nitrogens with zero attached hydrogens (tertiary/aromatic N) is 1. The fraction of sp³-hybridized carbons (Fsp3) is 0.400. The molecule has 1 fully saturated rings. The van der Waals surface area contributed by atoms with E-state index in [1.54, 1.807) is 6.92 Å². The van der Waals surface area contributed by atoms with Crippen LogP contribution in [-0.2, 0) is 21.5 Å². The minimum absolute atomic E-state index is 0.360. The molecule has 1 aromatic carbocycles. The lowest BCUT2D eigenvalue weighted by Gasteiger charge is -2.25. The summed E-state index contributed by atoms with van der Waals surface area (Å²) in [5.41, 5.74) is 0.635. The molecule has 1 heterocycles. The van der Waals surface area contributed by atoms with Gasteiger partial charge in [-0.2, -0.15) is 0 Å². The minimum atomic E-state index is -1.22. The number of carbonyl (C=O) groups excluding carboxylic acids is 2. The highest BCUT2D eigenvalue weighted by Gasteiger charge is 2.51. The van der Waals surface area contributed by atoms with E-state index < -0.39 is 30.0 Å². The lowest BCUT2D eigenvalue weighted by Crippen LogP contribution is -2.43. The fourth-order valence-electron chi connectivity index (χ4n) is 2.57. The molecular weight excluding hydrogens is 272 g/mol. The molecule has 6 nitrogen and oxygen atoms in total. The molecule has 1 atom stereocenters. The Morgan fingerprint density at radius 1 is 1.24 bits per heavy atom. The highest BCUT2D eigenvalue weighted by molar-refractivity contribution is 6.08. The van der Waals surface area contributed by atoms with Crippen LogP contribution >= 0.6 is 0 Å². The topological polar surface area (TPSA) is 86.7 Å². The van der Waals surface area contributed by atoms with Crippen molar-refractivity contribution in [1.82, 2.24) is 10.2 Å². The fourth-order valence-corrected chi connectivity index (χ4v) is 2.57. The summed E-state index contributed by atoms with van der Waals surface area (Å²) in [6.45, 7) is 3.19. The van der Waals surface area contributed by atoms with Gasteiger partial charge in [0.05, 0.1) is 0 Å². The van der Waals surface area contributed by atoms with Gasteiger partial charge in [0.1, 0.15) is 12.1 Å². The summed E-state index contributed by atoms with van der Waals surface area (Å²) < 4.78 is 0. The third-order valence-corrected chi connectivity index (χ3v) is 3.85. The lowest BCUT2D eigenvalue weighted by molar-refractivity contribution is -0.143. The van der Waals surface area contributed by atoms with E-state index in [2.05, 4.69) is 5.32 Å². The number of aliphatic carboxylic acids is 1. The Bertz CT molecular complexity index is 582. The molecule has 112 valence electrons. The predicted molar refractivity (Wildman–Crippen MR) is 75.7 cm³/mol. The highest BCUT2D eigenvalue weighted by atomic mass is 16.4. The first-order valence-corrected chi connectivity index (χ1v) is 6.90. The molecule has 21 heavy (non-hydrogen) atoms. The number of hydrogen-bond donors (Lipinski definition) is 2. The Labute approximate surface area is 122 Å². The van der Waals surface area contributed by atoms with E-state index >= 15 is 0 Å². The summed E-state index contributed by atoms with van der Waals surface area (Å²) in [5, 5.41) is 11.5. The zero-order valence-corrected chi connectivity index (χ0v) is 12.0. The van der Waals surface area contributed by atoms with E-state index in [4.69, 9.17) is 5.11 Å². The van der Waals surface area contributed by atoms with Gasteiger partial charge in [0.25, 0.3) is 5.91 Å². The van der Waals surface area contributed by atoms with E-state index in [-0.39, 0.29) is 0 Å². The van der Waals surface area contributed by atoms with Gasteiger partial charge in [-0.3, -0.25) is 14.5 Å². The van der Waals surface area contributed by atoms with Crippen molar-refractivity contribution in [2.45, 2.75) is 32.2 Å². The van der Waals surface area contributed by atoms with E-state index in [0.717, 1.165) is 16.9 Å². The number of hydrogen-bond acceptors (Lipinski definition) is 3. The Hall–Kier alpha value is -2.37. The molecule has 1 saturated heterocycles. The van der Waals surface area contributed by atoms with Crippen LogP contribution in [0.25, 0.3) is 0 Å². The van der Waals surface area contributed by atoms with Crippen LogP contribution in [0.2, 0.25) is 0 Å². The maximum atomic E-state index is 12.5. The van der Waals surface area contributed by atoms with Gasteiger partial charge in [-0.05, 0) is 24.0 Å². The Morgan fingerprint density at radius 2 is 1.86 bits per heavy atom. The van der Waals surface area contributed by atoms with Gasteiger partial charge in [0, 0.05) is 0 Å². The first-order valence-electron chi connectivity index (χ1n) is 6.90. The second-order valence-electron chi connectivity index (χ2n) is 5.02. The van der Waals surface area contributed by atoms with Crippen LogP contribution in [0.1, 0.15) is 31.4 Å². The van der Waals surface area contributed by atoms with Crippen molar-refractivity contribution in [2.75, 3.05) is 6.54 Å². The molecule has 0 unspecified atom stereocenters. The number of imide groups is 1. The van der Waals surface area contributed by atoms with Gasteiger partial charge >= 0.3 is 12.0 Å². The number of benzene rings is 1. The molecule has 0 aromatic heterocycles. The average molecular weight is 290 g/mol. The molecule has 2 N–H and O–H groups in total. The van der Waals surface area contributed by atoms with Gasteiger partial charge in [0.15, 0.2) is 0 Å². The first kappa shape index (κ1) is 15.0. The third kappa shape index (κ3) is 2.49. The Morgan fingerprint density at radius 3 is 2.33 bits per heavy atom. The summed E-state index contributed by atoms with van der Waals surface area (Å²) in [6.07, 6.45) is 1.24. The minimum Gasteiger partial charge on any atom is -0.480 e. The molecule has 6 heteroatoms. The van der Waals surface area contributed by atoms with Crippen LogP contribution < -0.4 is 5.32 Å². The standard InChI is InChI=1S/C15H18N2O4/c1-3-10-5-7-11(8-6-10)15(4-2)13(20)17(9-12(18)19)14(21)16-15/h5-8H,3-4,9H2,1-2H3,(H,16,21)(H,18,19)/t15-/m1/s1. The summed E-state index contributed by atoms with van der Waals surface area (Å²) >= 11 is 0. The molecule has 0 spiro atoms. The molecule has 0 bridgehead atoms. The molecule has 0 aliphatic carbocycles. The molecule has 1 aliphatic rings. The van der Waals surface area contributed by atoms with Crippen molar-refractivity contribution in [3.8, 4) is 0 Å². The number of amides is 3. The van der Waals surface area contributed by atoms with Gasteiger partial charge < -0.3 is 10.4 Å². The summed E-state index contributed by atoms with van der Waals surface area (Å²) in [6, 6.07) is 6.77. The molecule has 2 rings (SSSR count). The second kappa shape index (κ2) is 5.55. The van der Waals surface area contributed by atoms with Gasteiger partial charge in [-0.1, -0.05) is 38.1 Å². The maximum Gasteiger partial charge on any atom is 0.325 e. The Kier molecular flexibility index (Phi) is 3.97. The average Bonchev–Trinajstić information content (AvgIpc) is 2.72. The molecular formula is C15H18N2O4. The van der Waals surface area contributed by atoms with Crippen molar-refractivity contribution in [1.29, 1.82) is 0 Å². The molecule has 0 saturated carbocycles. The van der Waals surface area contributed by atoms with Gasteiger partial charge in [-0.15, -0.1) is 0 Å². The van der Waals surface area contributed by atoms with E-state index in [9.17, 15) is 14.4 Å².